The number of piperidine rings is 1. The Labute approximate surface area is 174 Å². The van der Waals surface area contributed by atoms with Gasteiger partial charge in [0.25, 0.3) is 0 Å². The molecule has 1 saturated heterocycles. The van der Waals surface area contributed by atoms with Crippen molar-refractivity contribution in [1.29, 1.82) is 0 Å². The molecular weight excluding hydrogens is 390 g/mol. The Balaban J connectivity index is 1.27. The van der Waals surface area contributed by atoms with Crippen molar-refractivity contribution >= 4 is 28.5 Å². The normalized spacial score (nSPS) is 15.6. The molecule has 0 unspecified atom stereocenters. The molecule has 0 spiro atoms. The van der Waals surface area contributed by atoms with E-state index in [1.54, 1.807) is 4.68 Å². The van der Waals surface area contributed by atoms with Crippen LogP contribution in [-0.4, -0.2) is 52.0 Å². The number of fused-ring (bicyclic) bond motifs is 1. The van der Waals surface area contributed by atoms with Crippen LogP contribution in [0.25, 0.3) is 16.6 Å². The lowest BCUT2D eigenvalue weighted by Gasteiger charge is -2.29. The van der Waals surface area contributed by atoms with Crippen LogP contribution in [0.2, 0.25) is 5.15 Å². The van der Waals surface area contributed by atoms with Crippen molar-refractivity contribution in [1.82, 2.24) is 14.7 Å². The second-order valence-electron chi connectivity index (χ2n) is 7.37. The zero-order valence-electron chi connectivity index (χ0n) is 16.1. The SMILES string of the molecule is O=C(O)C1CCN(CCCOc2ccc(-n3nc4ccccc4c3Cl)cc2)CC1. The summed E-state index contributed by atoms with van der Waals surface area (Å²) in [6.07, 6.45) is 2.39. The summed E-state index contributed by atoms with van der Waals surface area (Å²) in [7, 11) is 0. The molecule has 1 N–H and O–H groups in total. The van der Waals surface area contributed by atoms with Crippen LogP contribution in [0, 0.1) is 5.92 Å². The molecular formula is C22H24ClN3O3. The van der Waals surface area contributed by atoms with Crippen LogP contribution in [-0.2, 0) is 4.79 Å². The van der Waals surface area contributed by atoms with Gasteiger partial charge in [0.2, 0.25) is 0 Å². The summed E-state index contributed by atoms with van der Waals surface area (Å²) >= 11 is 6.47. The Morgan fingerprint density at radius 2 is 1.86 bits per heavy atom. The first kappa shape index (κ1) is 19.7. The first-order chi connectivity index (χ1) is 14.1. The van der Waals surface area contributed by atoms with Crippen molar-refractivity contribution in [2.24, 2.45) is 5.92 Å². The molecule has 1 aliphatic rings. The number of rotatable bonds is 7. The first-order valence-corrected chi connectivity index (χ1v) is 10.3. The van der Waals surface area contributed by atoms with Crippen molar-refractivity contribution in [3.63, 3.8) is 0 Å². The molecule has 0 bridgehead atoms. The van der Waals surface area contributed by atoms with Gasteiger partial charge < -0.3 is 14.7 Å². The molecule has 6 nitrogen and oxygen atoms in total. The molecule has 0 radical (unpaired) electrons. The molecule has 1 aliphatic heterocycles. The summed E-state index contributed by atoms with van der Waals surface area (Å²) in [5.74, 6) is -0.0333. The number of benzene rings is 2. The predicted molar refractivity (Wildman–Crippen MR) is 113 cm³/mol. The predicted octanol–water partition coefficient (Wildman–Crippen LogP) is 4.24. The molecule has 1 aromatic heterocycles. The van der Waals surface area contributed by atoms with Crippen LogP contribution in [0.5, 0.6) is 5.75 Å². The van der Waals surface area contributed by atoms with E-state index in [4.69, 9.17) is 21.4 Å². The van der Waals surface area contributed by atoms with E-state index in [0.29, 0.717) is 11.8 Å². The summed E-state index contributed by atoms with van der Waals surface area (Å²) in [6.45, 7) is 3.26. The van der Waals surface area contributed by atoms with Gasteiger partial charge >= 0.3 is 5.97 Å². The van der Waals surface area contributed by atoms with Crippen LogP contribution in [0.3, 0.4) is 0 Å². The standard InChI is InChI=1S/C22H24ClN3O3/c23-21-19-4-1-2-5-20(19)24-26(21)17-6-8-18(9-7-17)29-15-3-12-25-13-10-16(11-14-25)22(27)28/h1-2,4-9,16H,3,10-15H2,(H,27,28). The Hall–Kier alpha value is -2.57. The number of hydrogen-bond acceptors (Lipinski definition) is 4. The van der Waals surface area contributed by atoms with Crippen molar-refractivity contribution < 1.29 is 14.6 Å². The Morgan fingerprint density at radius 1 is 1.14 bits per heavy atom. The summed E-state index contributed by atoms with van der Waals surface area (Å²) in [4.78, 5) is 13.3. The number of aromatic nitrogens is 2. The number of halogens is 1. The second-order valence-corrected chi connectivity index (χ2v) is 7.73. The molecule has 0 saturated carbocycles. The number of hydrogen-bond donors (Lipinski definition) is 1. The maximum Gasteiger partial charge on any atom is 0.306 e. The number of nitrogens with zero attached hydrogens (tertiary/aromatic N) is 3. The van der Waals surface area contributed by atoms with Crippen LogP contribution < -0.4 is 4.74 Å². The summed E-state index contributed by atoms with van der Waals surface area (Å²) in [5.41, 5.74) is 1.75. The van der Waals surface area contributed by atoms with Crippen molar-refractivity contribution in [2.75, 3.05) is 26.2 Å². The molecule has 29 heavy (non-hydrogen) atoms. The highest BCUT2D eigenvalue weighted by molar-refractivity contribution is 6.34. The first-order valence-electron chi connectivity index (χ1n) is 9.93. The topological polar surface area (TPSA) is 67.6 Å². The third kappa shape index (κ3) is 4.54. The zero-order chi connectivity index (χ0) is 20.2. The minimum absolute atomic E-state index is 0.179. The van der Waals surface area contributed by atoms with Gasteiger partial charge in [0.15, 0.2) is 0 Å². The van der Waals surface area contributed by atoms with Gasteiger partial charge in [-0.2, -0.15) is 5.10 Å². The molecule has 2 heterocycles. The summed E-state index contributed by atoms with van der Waals surface area (Å²) < 4.78 is 7.59. The fourth-order valence-electron chi connectivity index (χ4n) is 3.74. The van der Waals surface area contributed by atoms with E-state index in [2.05, 4.69) is 10.00 Å². The quantitative estimate of drug-likeness (QED) is 0.586. The molecule has 2 aromatic carbocycles. The number of carbonyl (C=O) groups is 1. The van der Waals surface area contributed by atoms with Gasteiger partial charge in [-0.15, -0.1) is 0 Å². The third-order valence-corrected chi connectivity index (χ3v) is 5.79. The van der Waals surface area contributed by atoms with Crippen LogP contribution in [0.4, 0.5) is 0 Å². The van der Waals surface area contributed by atoms with Crippen molar-refractivity contribution in [2.45, 2.75) is 19.3 Å². The molecule has 4 rings (SSSR count). The van der Waals surface area contributed by atoms with E-state index in [0.717, 1.165) is 61.2 Å². The van der Waals surface area contributed by atoms with E-state index in [1.807, 2.05) is 48.5 Å². The number of aliphatic carboxylic acids is 1. The van der Waals surface area contributed by atoms with Gasteiger partial charge in [-0.3, -0.25) is 4.79 Å². The highest BCUT2D eigenvalue weighted by Crippen LogP contribution is 2.26. The van der Waals surface area contributed by atoms with E-state index < -0.39 is 5.97 Å². The number of likely N-dealkylation sites (tertiary alicyclic amines) is 1. The summed E-state index contributed by atoms with van der Waals surface area (Å²) in [6, 6.07) is 15.6. The number of carboxylic acid groups (broad SMARTS) is 1. The smallest absolute Gasteiger partial charge is 0.306 e. The second kappa shape index (κ2) is 8.84. The highest BCUT2D eigenvalue weighted by atomic mass is 35.5. The van der Waals surface area contributed by atoms with E-state index in [1.165, 1.54) is 0 Å². The maximum absolute atomic E-state index is 11.0. The van der Waals surface area contributed by atoms with Gasteiger partial charge in [0.1, 0.15) is 10.9 Å². The molecule has 152 valence electrons. The average molecular weight is 414 g/mol. The maximum atomic E-state index is 11.0. The molecule has 0 amide bonds. The van der Waals surface area contributed by atoms with Crippen molar-refractivity contribution in [3.05, 3.63) is 53.7 Å². The lowest BCUT2D eigenvalue weighted by Crippen LogP contribution is -2.37. The number of ether oxygens (including phenoxy) is 1. The average Bonchev–Trinajstić information content (AvgIpc) is 3.09. The molecule has 0 aliphatic carbocycles. The van der Waals surface area contributed by atoms with Crippen LogP contribution in [0.15, 0.2) is 48.5 Å². The molecule has 7 heteroatoms. The Bertz CT molecular complexity index is 979. The van der Waals surface area contributed by atoms with Gasteiger partial charge in [-0.25, -0.2) is 4.68 Å². The van der Waals surface area contributed by atoms with Gasteiger partial charge in [-0.1, -0.05) is 23.7 Å². The van der Waals surface area contributed by atoms with Crippen molar-refractivity contribution in [3.8, 4) is 11.4 Å². The molecule has 3 aromatic rings. The van der Waals surface area contributed by atoms with Crippen LogP contribution in [0.1, 0.15) is 19.3 Å². The number of carboxylic acids is 1. The fourth-order valence-corrected chi connectivity index (χ4v) is 4.03. The van der Waals surface area contributed by atoms with E-state index in [9.17, 15) is 4.79 Å². The van der Waals surface area contributed by atoms with Gasteiger partial charge in [0, 0.05) is 11.9 Å². The largest absolute Gasteiger partial charge is 0.494 e. The van der Waals surface area contributed by atoms with Crippen LogP contribution >= 0.6 is 11.6 Å². The fraction of sp³-hybridized carbons (Fsp3) is 0.364. The molecule has 1 fully saturated rings. The lowest BCUT2D eigenvalue weighted by molar-refractivity contribution is -0.143. The molecule has 0 atom stereocenters. The Morgan fingerprint density at radius 3 is 2.55 bits per heavy atom. The van der Waals surface area contributed by atoms with E-state index in [-0.39, 0.29) is 5.92 Å². The third-order valence-electron chi connectivity index (χ3n) is 5.43. The minimum Gasteiger partial charge on any atom is -0.494 e. The Kier molecular flexibility index (Phi) is 6.02. The summed E-state index contributed by atoms with van der Waals surface area (Å²) in [5, 5.41) is 15.1. The highest BCUT2D eigenvalue weighted by Gasteiger charge is 2.23. The lowest BCUT2D eigenvalue weighted by atomic mass is 9.97. The monoisotopic (exact) mass is 413 g/mol. The zero-order valence-corrected chi connectivity index (χ0v) is 16.9. The van der Waals surface area contributed by atoms with Gasteiger partial charge in [-0.05, 0) is 68.8 Å². The van der Waals surface area contributed by atoms with E-state index >= 15 is 0 Å². The minimum atomic E-state index is -0.666. The van der Waals surface area contributed by atoms with Gasteiger partial charge in [0.05, 0.1) is 23.7 Å².